The molecule has 18 heavy (non-hydrogen) atoms. The highest BCUT2D eigenvalue weighted by Crippen LogP contribution is 2.18. The Bertz CT molecular complexity index is 648. The first-order valence-corrected chi connectivity index (χ1v) is 5.29. The fraction of sp³-hybridized carbons (Fsp3) is 0. The number of hydrogen-bond donors (Lipinski definition) is 0. The van der Waals surface area contributed by atoms with Gasteiger partial charge in [-0.2, -0.15) is 4.68 Å². The van der Waals surface area contributed by atoms with Gasteiger partial charge in [0, 0.05) is 11.8 Å². The Labute approximate surface area is 102 Å². The summed E-state index contributed by atoms with van der Waals surface area (Å²) in [6.45, 7) is 0. The second-order valence-corrected chi connectivity index (χ2v) is 3.63. The maximum atomic E-state index is 12.9. The molecule has 0 aliphatic heterocycles. The minimum Gasteiger partial charge on any atom is -0.262 e. The van der Waals surface area contributed by atoms with Crippen molar-refractivity contribution < 1.29 is 4.39 Å². The molecule has 0 unspecified atom stereocenters. The van der Waals surface area contributed by atoms with Crippen LogP contribution in [0.4, 0.5) is 4.39 Å². The summed E-state index contributed by atoms with van der Waals surface area (Å²) in [6.07, 6.45) is 3.33. The first-order valence-electron chi connectivity index (χ1n) is 5.29. The normalized spacial score (nSPS) is 10.5. The van der Waals surface area contributed by atoms with E-state index in [1.165, 1.54) is 12.1 Å². The molecule has 0 aliphatic carbocycles. The first-order chi connectivity index (χ1) is 8.84. The summed E-state index contributed by atoms with van der Waals surface area (Å²) >= 11 is 0. The van der Waals surface area contributed by atoms with E-state index in [1.807, 2.05) is 6.07 Å². The van der Waals surface area contributed by atoms with Gasteiger partial charge in [0.05, 0.1) is 11.9 Å². The van der Waals surface area contributed by atoms with E-state index in [4.69, 9.17) is 0 Å². The van der Waals surface area contributed by atoms with Crippen LogP contribution in [-0.2, 0) is 0 Å². The summed E-state index contributed by atoms with van der Waals surface area (Å²) in [7, 11) is 0. The van der Waals surface area contributed by atoms with Crippen molar-refractivity contribution in [3.05, 3.63) is 54.6 Å². The molecule has 2 aromatic heterocycles. The third-order valence-electron chi connectivity index (χ3n) is 2.46. The van der Waals surface area contributed by atoms with Crippen molar-refractivity contribution in [3.8, 4) is 17.1 Å². The molecule has 0 bridgehead atoms. The Kier molecular flexibility index (Phi) is 2.53. The molecule has 0 amide bonds. The highest BCUT2D eigenvalue weighted by atomic mass is 19.1. The van der Waals surface area contributed by atoms with Crippen LogP contribution in [0, 0.1) is 5.82 Å². The minimum atomic E-state index is -0.292. The molecule has 3 aromatic rings. The van der Waals surface area contributed by atoms with Gasteiger partial charge in [-0.15, -0.1) is 5.10 Å². The van der Waals surface area contributed by atoms with E-state index >= 15 is 0 Å². The molecule has 0 N–H and O–H groups in total. The molecule has 0 radical (unpaired) electrons. The molecule has 6 heteroatoms. The summed E-state index contributed by atoms with van der Waals surface area (Å²) in [6, 6.07) is 9.65. The number of nitrogens with zero attached hydrogens (tertiary/aromatic N) is 5. The van der Waals surface area contributed by atoms with E-state index < -0.39 is 0 Å². The van der Waals surface area contributed by atoms with Gasteiger partial charge in [0.2, 0.25) is 0 Å². The maximum absolute atomic E-state index is 12.9. The quantitative estimate of drug-likeness (QED) is 0.687. The second-order valence-electron chi connectivity index (χ2n) is 3.63. The summed E-state index contributed by atoms with van der Waals surface area (Å²) in [5, 5.41) is 11.5. The fourth-order valence-electron chi connectivity index (χ4n) is 1.62. The van der Waals surface area contributed by atoms with Crippen molar-refractivity contribution in [2.45, 2.75) is 0 Å². The molecule has 5 nitrogen and oxygen atoms in total. The number of halogens is 1. The van der Waals surface area contributed by atoms with Crippen molar-refractivity contribution in [2.75, 3.05) is 0 Å². The molecule has 0 saturated heterocycles. The SMILES string of the molecule is Fc1ccc(-c2nnnn2-c2cccnc2)cc1. The Morgan fingerprint density at radius 1 is 1.06 bits per heavy atom. The fourth-order valence-corrected chi connectivity index (χ4v) is 1.62. The predicted molar refractivity (Wildman–Crippen MR) is 62.3 cm³/mol. The summed E-state index contributed by atoms with van der Waals surface area (Å²) in [5.74, 6) is 0.252. The van der Waals surface area contributed by atoms with Crippen molar-refractivity contribution in [3.63, 3.8) is 0 Å². The Balaban J connectivity index is 2.10. The predicted octanol–water partition coefficient (Wildman–Crippen LogP) is 1.86. The maximum Gasteiger partial charge on any atom is 0.187 e. The number of hydrogen-bond acceptors (Lipinski definition) is 4. The van der Waals surface area contributed by atoms with E-state index in [2.05, 4.69) is 20.5 Å². The van der Waals surface area contributed by atoms with Crippen molar-refractivity contribution in [1.82, 2.24) is 25.2 Å². The molecule has 0 aliphatic rings. The smallest absolute Gasteiger partial charge is 0.187 e. The third kappa shape index (κ3) is 1.84. The first kappa shape index (κ1) is 10.5. The molecular formula is C12H8FN5. The van der Waals surface area contributed by atoms with Gasteiger partial charge in [-0.05, 0) is 46.8 Å². The molecule has 0 saturated carbocycles. The number of rotatable bonds is 2. The summed E-state index contributed by atoms with van der Waals surface area (Å²) in [4.78, 5) is 4.01. The number of tetrazole rings is 1. The van der Waals surface area contributed by atoms with Crippen LogP contribution in [-0.4, -0.2) is 25.2 Å². The monoisotopic (exact) mass is 241 g/mol. The van der Waals surface area contributed by atoms with Gasteiger partial charge in [-0.3, -0.25) is 4.98 Å². The van der Waals surface area contributed by atoms with Gasteiger partial charge < -0.3 is 0 Å². The molecule has 0 spiro atoms. The van der Waals surface area contributed by atoms with Crippen LogP contribution in [0.3, 0.4) is 0 Å². The Hall–Kier alpha value is -2.63. The van der Waals surface area contributed by atoms with Crippen molar-refractivity contribution in [1.29, 1.82) is 0 Å². The van der Waals surface area contributed by atoms with Gasteiger partial charge in [0.25, 0.3) is 0 Å². The zero-order chi connectivity index (χ0) is 12.4. The largest absolute Gasteiger partial charge is 0.262 e. The number of aromatic nitrogens is 5. The van der Waals surface area contributed by atoms with Crippen LogP contribution < -0.4 is 0 Å². The Morgan fingerprint density at radius 2 is 1.89 bits per heavy atom. The van der Waals surface area contributed by atoms with Crippen molar-refractivity contribution >= 4 is 0 Å². The molecule has 1 aromatic carbocycles. The van der Waals surface area contributed by atoms with Crippen LogP contribution in [0.5, 0.6) is 0 Å². The van der Waals surface area contributed by atoms with E-state index in [0.717, 1.165) is 11.3 Å². The van der Waals surface area contributed by atoms with E-state index in [-0.39, 0.29) is 5.82 Å². The molecule has 0 atom stereocenters. The minimum absolute atomic E-state index is 0.292. The van der Waals surface area contributed by atoms with Crippen LogP contribution in [0.1, 0.15) is 0 Å². The van der Waals surface area contributed by atoms with Crippen LogP contribution in [0.15, 0.2) is 48.8 Å². The number of benzene rings is 1. The van der Waals surface area contributed by atoms with E-state index in [1.54, 1.807) is 35.3 Å². The van der Waals surface area contributed by atoms with E-state index in [0.29, 0.717) is 5.82 Å². The van der Waals surface area contributed by atoms with Gasteiger partial charge in [0.15, 0.2) is 5.82 Å². The summed E-state index contributed by atoms with van der Waals surface area (Å²) < 4.78 is 14.4. The number of pyridine rings is 1. The van der Waals surface area contributed by atoms with Crippen LogP contribution >= 0.6 is 0 Å². The molecular weight excluding hydrogens is 233 g/mol. The highest BCUT2D eigenvalue weighted by Gasteiger charge is 2.10. The average molecular weight is 241 g/mol. The average Bonchev–Trinajstić information content (AvgIpc) is 2.90. The van der Waals surface area contributed by atoms with Gasteiger partial charge in [-0.1, -0.05) is 0 Å². The molecule has 88 valence electrons. The van der Waals surface area contributed by atoms with Crippen LogP contribution in [0.2, 0.25) is 0 Å². The van der Waals surface area contributed by atoms with Crippen molar-refractivity contribution in [2.24, 2.45) is 0 Å². The van der Waals surface area contributed by atoms with E-state index in [9.17, 15) is 4.39 Å². The lowest BCUT2D eigenvalue weighted by Gasteiger charge is -2.03. The van der Waals surface area contributed by atoms with Gasteiger partial charge >= 0.3 is 0 Å². The summed E-state index contributed by atoms with van der Waals surface area (Å²) in [5.41, 5.74) is 1.49. The lowest BCUT2D eigenvalue weighted by molar-refractivity contribution is 0.628. The molecule has 3 rings (SSSR count). The molecule has 2 heterocycles. The topological polar surface area (TPSA) is 56.5 Å². The highest BCUT2D eigenvalue weighted by molar-refractivity contribution is 5.56. The van der Waals surface area contributed by atoms with Gasteiger partial charge in [-0.25, -0.2) is 4.39 Å². The Morgan fingerprint density at radius 3 is 2.61 bits per heavy atom. The zero-order valence-corrected chi connectivity index (χ0v) is 9.23. The lowest BCUT2D eigenvalue weighted by atomic mass is 10.2. The van der Waals surface area contributed by atoms with Crippen LogP contribution in [0.25, 0.3) is 17.1 Å². The third-order valence-corrected chi connectivity index (χ3v) is 2.46. The second kappa shape index (κ2) is 4.33. The lowest BCUT2D eigenvalue weighted by Crippen LogP contribution is -2.00. The zero-order valence-electron chi connectivity index (χ0n) is 9.23. The van der Waals surface area contributed by atoms with Gasteiger partial charge in [0.1, 0.15) is 5.82 Å². The standard InChI is InChI=1S/C12H8FN5/c13-10-5-3-9(4-6-10)12-15-16-17-18(12)11-2-1-7-14-8-11/h1-8H. The molecule has 0 fully saturated rings.